The molecule has 1 saturated carbocycles. The lowest BCUT2D eigenvalue weighted by atomic mass is 9.86. The number of hydrogen-bond donors (Lipinski definition) is 0. The van der Waals surface area contributed by atoms with Gasteiger partial charge in [-0.1, -0.05) is 19.3 Å². The van der Waals surface area contributed by atoms with Gasteiger partial charge in [-0.25, -0.2) is 0 Å². The fourth-order valence-corrected chi connectivity index (χ4v) is 4.03. The van der Waals surface area contributed by atoms with Crippen LogP contribution in [0.15, 0.2) is 0 Å². The van der Waals surface area contributed by atoms with Crippen LogP contribution < -0.4 is 0 Å². The highest BCUT2D eigenvalue weighted by atomic mass is 16.5. The lowest BCUT2D eigenvalue weighted by molar-refractivity contribution is -0.138. The van der Waals surface area contributed by atoms with Crippen LogP contribution in [0.3, 0.4) is 0 Å². The molecule has 3 fully saturated rings. The first-order valence-electron chi connectivity index (χ1n) is 9.58. The van der Waals surface area contributed by atoms with Gasteiger partial charge in [0, 0.05) is 45.7 Å². The predicted molar refractivity (Wildman–Crippen MR) is 91.6 cm³/mol. The van der Waals surface area contributed by atoms with Crippen molar-refractivity contribution in [1.82, 2.24) is 14.7 Å². The number of rotatable bonds is 4. The van der Waals surface area contributed by atoms with Gasteiger partial charge >= 0.3 is 0 Å². The van der Waals surface area contributed by atoms with Crippen molar-refractivity contribution in [2.24, 2.45) is 5.92 Å². The van der Waals surface area contributed by atoms with Gasteiger partial charge in [-0.15, -0.1) is 0 Å². The van der Waals surface area contributed by atoms with Gasteiger partial charge in [-0.3, -0.25) is 14.5 Å². The fraction of sp³-hybridized carbons (Fsp3) is 0.889. The third kappa shape index (κ3) is 4.93. The minimum atomic E-state index is 0.195. The molecule has 2 saturated heterocycles. The first-order valence-corrected chi connectivity index (χ1v) is 9.58. The first-order chi connectivity index (χ1) is 11.7. The van der Waals surface area contributed by atoms with Crippen LogP contribution >= 0.6 is 0 Å². The van der Waals surface area contributed by atoms with Crippen molar-refractivity contribution in [3.05, 3.63) is 0 Å². The quantitative estimate of drug-likeness (QED) is 0.767. The second kappa shape index (κ2) is 8.81. The Morgan fingerprint density at radius 1 is 0.792 bits per heavy atom. The van der Waals surface area contributed by atoms with Crippen LogP contribution in [0.5, 0.6) is 0 Å². The summed E-state index contributed by atoms with van der Waals surface area (Å²) >= 11 is 0. The second-order valence-corrected chi connectivity index (χ2v) is 7.36. The number of hydrogen-bond acceptors (Lipinski definition) is 4. The molecule has 0 N–H and O–H groups in total. The van der Waals surface area contributed by atoms with E-state index in [-0.39, 0.29) is 5.91 Å². The number of morpholine rings is 1. The van der Waals surface area contributed by atoms with Crippen molar-refractivity contribution in [2.45, 2.75) is 38.5 Å². The molecule has 0 aromatic heterocycles. The Bertz CT molecular complexity index is 423. The van der Waals surface area contributed by atoms with E-state index in [0.29, 0.717) is 44.7 Å². The molecule has 0 radical (unpaired) electrons. The summed E-state index contributed by atoms with van der Waals surface area (Å²) in [4.78, 5) is 30.8. The Hall–Kier alpha value is -1.14. The van der Waals surface area contributed by atoms with Gasteiger partial charge in [0.1, 0.15) is 0 Å². The Labute approximate surface area is 145 Å². The summed E-state index contributed by atoms with van der Waals surface area (Å²) in [5, 5.41) is 0. The molecule has 0 aromatic carbocycles. The van der Waals surface area contributed by atoms with Crippen LogP contribution in [0.1, 0.15) is 38.5 Å². The normalized spacial score (nSPS) is 24.2. The average Bonchev–Trinajstić information content (AvgIpc) is 2.64. The Balaban J connectivity index is 1.37. The van der Waals surface area contributed by atoms with Crippen LogP contribution in [0.2, 0.25) is 0 Å². The van der Waals surface area contributed by atoms with Crippen molar-refractivity contribution in [3.8, 4) is 0 Å². The van der Waals surface area contributed by atoms with E-state index in [0.717, 1.165) is 32.6 Å². The fourth-order valence-electron chi connectivity index (χ4n) is 4.03. The maximum absolute atomic E-state index is 12.5. The van der Waals surface area contributed by atoms with Crippen molar-refractivity contribution in [1.29, 1.82) is 0 Å². The van der Waals surface area contributed by atoms with Crippen LogP contribution in [-0.4, -0.2) is 85.5 Å². The highest BCUT2D eigenvalue weighted by molar-refractivity contribution is 5.78. The van der Waals surface area contributed by atoms with E-state index in [1.807, 2.05) is 9.80 Å². The Morgan fingerprint density at radius 2 is 1.42 bits per heavy atom. The minimum Gasteiger partial charge on any atom is -0.378 e. The molecule has 2 aliphatic heterocycles. The SMILES string of the molecule is O=C(CC1CCCCC1)N1CCN(CC(=O)N2CCOCC2)CC1. The zero-order valence-electron chi connectivity index (χ0n) is 14.8. The summed E-state index contributed by atoms with van der Waals surface area (Å²) in [5.74, 6) is 1.12. The maximum atomic E-state index is 12.5. The van der Waals surface area contributed by atoms with Crippen molar-refractivity contribution >= 4 is 11.8 Å². The van der Waals surface area contributed by atoms with Crippen molar-refractivity contribution in [2.75, 3.05) is 59.0 Å². The van der Waals surface area contributed by atoms with Crippen molar-refractivity contribution in [3.63, 3.8) is 0 Å². The summed E-state index contributed by atoms with van der Waals surface area (Å²) < 4.78 is 5.29. The molecule has 0 aromatic rings. The Morgan fingerprint density at radius 3 is 2.08 bits per heavy atom. The largest absolute Gasteiger partial charge is 0.378 e. The maximum Gasteiger partial charge on any atom is 0.236 e. The number of nitrogens with zero attached hydrogens (tertiary/aromatic N) is 3. The second-order valence-electron chi connectivity index (χ2n) is 7.36. The monoisotopic (exact) mass is 337 g/mol. The Kier molecular flexibility index (Phi) is 6.49. The zero-order valence-corrected chi connectivity index (χ0v) is 14.8. The molecule has 0 unspecified atom stereocenters. The molecule has 24 heavy (non-hydrogen) atoms. The topological polar surface area (TPSA) is 53.1 Å². The lowest BCUT2D eigenvalue weighted by Gasteiger charge is -2.36. The van der Waals surface area contributed by atoms with E-state index >= 15 is 0 Å². The van der Waals surface area contributed by atoms with Gasteiger partial charge in [0.25, 0.3) is 0 Å². The number of carbonyl (C=O) groups excluding carboxylic acids is 2. The van der Waals surface area contributed by atoms with Gasteiger partial charge in [0.2, 0.25) is 11.8 Å². The van der Waals surface area contributed by atoms with E-state index in [1.54, 1.807) is 0 Å². The van der Waals surface area contributed by atoms with Crippen LogP contribution in [-0.2, 0) is 14.3 Å². The van der Waals surface area contributed by atoms with E-state index in [1.165, 1.54) is 32.1 Å². The first kappa shape index (κ1) is 17.7. The highest BCUT2D eigenvalue weighted by Crippen LogP contribution is 2.27. The molecule has 3 aliphatic rings. The summed E-state index contributed by atoms with van der Waals surface area (Å²) in [6.45, 7) is 6.34. The molecule has 3 rings (SSSR count). The summed E-state index contributed by atoms with van der Waals surface area (Å²) in [7, 11) is 0. The van der Waals surface area contributed by atoms with Gasteiger partial charge in [0.15, 0.2) is 0 Å². The number of ether oxygens (including phenoxy) is 1. The average molecular weight is 337 g/mol. The predicted octanol–water partition coefficient (Wildman–Crippen LogP) is 0.960. The summed E-state index contributed by atoms with van der Waals surface area (Å²) in [6, 6.07) is 0. The van der Waals surface area contributed by atoms with Crippen LogP contribution in [0, 0.1) is 5.92 Å². The number of piperazine rings is 1. The third-order valence-corrected chi connectivity index (χ3v) is 5.64. The molecule has 0 bridgehead atoms. The molecule has 6 heteroatoms. The third-order valence-electron chi connectivity index (χ3n) is 5.64. The smallest absolute Gasteiger partial charge is 0.236 e. The summed E-state index contributed by atoms with van der Waals surface area (Å²) in [6.07, 6.45) is 7.08. The van der Waals surface area contributed by atoms with Crippen LogP contribution in [0.25, 0.3) is 0 Å². The zero-order chi connectivity index (χ0) is 16.8. The molecule has 6 nitrogen and oxygen atoms in total. The van der Waals surface area contributed by atoms with Crippen molar-refractivity contribution < 1.29 is 14.3 Å². The van der Waals surface area contributed by atoms with E-state index in [4.69, 9.17) is 4.74 Å². The van der Waals surface area contributed by atoms with Crippen LogP contribution in [0.4, 0.5) is 0 Å². The van der Waals surface area contributed by atoms with Gasteiger partial charge < -0.3 is 14.5 Å². The van der Waals surface area contributed by atoms with Gasteiger partial charge in [-0.05, 0) is 18.8 Å². The lowest BCUT2D eigenvalue weighted by Crippen LogP contribution is -2.52. The molecule has 136 valence electrons. The molecule has 1 aliphatic carbocycles. The number of carbonyl (C=O) groups is 2. The van der Waals surface area contributed by atoms with E-state index < -0.39 is 0 Å². The molecule has 2 amide bonds. The van der Waals surface area contributed by atoms with E-state index in [9.17, 15) is 9.59 Å². The summed E-state index contributed by atoms with van der Waals surface area (Å²) in [5.41, 5.74) is 0. The molecule has 0 atom stereocenters. The van der Waals surface area contributed by atoms with E-state index in [2.05, 4.69) is 4.90 Å². The number of amides is 2. The minimum absolute atomic E-state index is 0.195. The molecular weight excluding hydrogens is 306 g/mol. The molecule has 0 spiro atoms. The molecular formula is C18H31N3O3. The van der Waals surface area contributed by atoms with Gasteiger partial charge in [-0.2, -0.15) is 0 Å². The highest BCUT2D eigenvalue weighted by Gasteiger charge is 2.26. The standard InChI is InChI=1S/C18H31N3O3/c22-17(14-16-4-2-1-3-5-16)20-8-6-19(7-9-20)15-18(23)21-10-12-24-13-11-21/h16H,1-15H2. The molecule has 2 heterocycles. The van der Waals surface area contributed by atoms with Gasteiger partial charge in [0.05, 0.1) is 19.8 Å².